The summed E-state index contributed by atoms with van der Waals surface area (Å²) in [6.45, 7) is 3.06. The van der Waals surface area contributed by atoms with Crippen molar-refractivity contribution in [3.05, 3.63) is 15.9 Å². The Kier molecular flexibility index (Phi) is 9.04. The fraction of sp³-hybridized carbons (Fsp3) is 0.714. The van der Waals surface area contributed by atoms with Crippen LogP contribution in [0.4, 0.5) is 0 Å². The van der Waals surface area contributed by atoms with E-state index < -0.39 is 10.0 Å². The van der Waals surface area contributed by atoms with Crippen LogP contribution in [0.2, 0.25) is 0 Å². The van der Waals surface area contributed by atoms with E-state index >= 15 is 0 Å². The number of halogens is 1. The van der Waals surface area contributed by atoms with E-state index in [9.17, 15) is 8.42 Å². The third kappa shape index (κ3) is 5.98. The van der Waals surface area contributed by atoms with E-state index in [0.717, 1.165) is 19.3 Å². The second kappa shape index (κ2) is 9.94. The molecule has 21 heavy (non-hydrogen) atoms. The van der Waals surface area contributed by atoms with Gasteiger partial charge in [0.1, 0.15) is 4.21 Å². The maximum Gasteiger partial charge on any atom is 0.253 e. The molecular formula is C14H24BrNO3S2. The van der Waals surface area contributed by atoms with Crippen LogP contribution in [-0.4, -0.2) is 37.5 Å². The van der Waals surface area contributed by atoms with Crippen molar-refractivity contribution < 1.29 is 13.5 Å². The molecule has 0 spiro atoms. The van der Waals surface area contributed by atoms with Crippen LogP contribution in [0.15, 0.2) is 20.1 Å². The number of hydrogen-bond acceptors (Lipinski definition) is 4. The minimum atomic E-state index is -3.46. The van der Waals surface area contributed by atoms with Crippen LogP contribution < -0.4 is 0 Å². The molecule has 0 aliphatic carbocycles. The standard InChI is InChI=1S/C14H24BrNO3S2/c1-2-3-4-5-6-9-16(10-7-11-17)21(18,19)14-13(15)8-12-20-14/h8,12,17H,2-7,9-11H2,1H3. The first-order chi connectivity index (χ1) is 10.0. The molecule has 0 radical (unpaired) electrons. The molecular weight excluding hydrogens is 374 g/mol. The number of unbranched alkanes of at least 4 members (excludes halogenated alkanes) is 4. The van der Waals surface area contributed by atoms with Crippen LogP contribution in [0.25, 0.3) is 0 Å². The van der Waals surface area contributed by atoms with Crippen molar-refractivity contribution >= 4 is 37.3 Å². The van der Waals surface area contributed by atoms with E-state index in [1.807, 2.05) is 0 Å². The number of aliphatic hydroxyl groups excluding tert-OH is 1. The molecule has 1 aromatic rings. The molecule has 0 saturated heterocycles. The van der Waals surface area contributed by atoms with Gasteiger partial charge in [-0.25, -0.2) is 8.42 Å². The highest BCUT2D eigenvalue weighted by Gasteiger charge is 2.26. The SMILES string of the molecule is CCCCCCCN(CCCO)S(=O)(=O)c1sccc1Br. The van der Waals surface area contributed by atoms with Crippen molar-refractivity contribution in [3.63, 3.8) is 0 Å². The average Bonchev–Trinajstić information content (AvgIpc) is 2.88. The fourth-order valence-corrected chi connectivity index (χ4v) is 6.04. The maximum absolute atomic E-state index is 12.7. The lowest BCUT2D eigenvalue weighted by atomic mass is 10.1. The Labute approximate surface area is 140 Å². The normalized spacial score (nSPS) is 12.2. The largest absolute Gasteiger partial charge is 0.396 e. The Morgan fingerprint density at radius 2 is 1.86 bits per heavy atom. The molecule has 0 saturated carbocycles. The van der Waals surface area contributed by atoms with Crippen molar-refractivity contribution in [3.8, 4) is 0 Å². The van der Waals surface area contributed by atoms with Gasteiger partial charge in [-0.2, -0.15) is 4.31 Å². The summed E-state index contributed by atoms with van der Waals surface area (Å²) in [6.07, 6.45) is 5.90. The molecule has 0 aromatic carbocycles. The molecule has 0 unspecified atom stereocenters. The van der Waals surface area contributed by atoms with E-state index in [1.165, 1.54) is 28.5 Å². The smallest absolute Gasteiger partial charge is 0.253 e. The lowest BCUT2D eigenvalue weighted by Gasteiger charge is -2.21. The zero-order valence-corrected chi connectivity index (χ0v) is 15.6. The number of sulfonamides is 1. The van der Waals surface area contributed by atoms with Gasteiger partial charge in [-0.05, 0) is 40.2 Å². The third-order valence-corrected chi connectivity index (χ3v) is 7.78. The van der Waals surface area contributed by atoms with Crippen LogP contribution in [0.1, 0.15) is 45.4 Å². The van der Waals surface area contributed by atoms with Crippen molar-refractivity contribution in [2.24, 2.45) is 0 Å². The number of thiophene rings is 1. The van der Waals surface area contributed by atoms with Gasteiger partial charge in [0.2, 0.25) is 0 Å². The average molecular weight is 398 g/mol. The summed E-state index contributed by atoms with van der Waals surface area (Å²) < 4.78 is 27.8. The predicted molar refractivity (Wildman–Crippen MR) is 91.2 cm³/mol. The number of rotatable bonds is 11. The summed E-state index contributed by atoms with van der Waals surface area (Å²) in [6, 6.07) is 1.75. The van der Waals surface area contributed by atoms with E-state index in [1.54, 1.807) is 11.4 Å². The quantitative estimate of drug-likeness (QED) is 0.576. The minimum absolute atomic E-state index is 0.00741. The fourth-order valence-electron chi connectivity index (χ4n) is 2.07. The van der Waals surface area contributed by atoms with Crippen molar-refractivity contribution in [2.45, 2.75) is 49.7 Å². The lowest BCUT2D eigenvalue weighted by molar-refractivity contribution is 0.268. The maximum atomic E-state index is 12.7. The second-order valence-corrected chi connectivity index (χ2v) is 8.86. The van der Waals surface area contributed by atoms with Gasteiger partial charge in [0.25, 0.3) is 10.0 Å². The summed E-state index contributed by atoms with van der Waals surface area (Å²) in [4.78, 5) is 0. The van der Waals surface area contributed by atoms with Gasteiger partial charge in [0.05, 0.1) is 0 Å². The Bertz CT molecular complexity index is 502. The van der Waals surface area contributed by atoms with E-state index in [4.69, 9.17) is 5.11 Å². The van der Waals surface area contributed by atoms with Gasteiger partial charge in [0, 0.05) is 24.2 Å². The molecule has 1 N–H and O–H groups in total. The molecule has 0 aliphatic heterocycles. The summed E-state index contributed by atoms with van der Waals surface area (Å²) in [5.74, 6) is 0. The topological polar surface area (TPSA) is 57.6 Å². The summed E-state index contributed by atoms with van der Waals surface area (Å²) >= 11 is 4.52. The molecule has 0 amide bonds. The number of hydrogen-bond donors (Lipinski definition) is 1. The highest BCUT2D eigenvalue weighted by molar-refractivity contribution is 9.10. The van der Waals surface area contributed by atoms with E-state index in [2.05, 4.69) is 22.9 Å². The molecule has 0 aliphatic rings. The Balaban J connectivity index is 2.70. The summed E-state index contributed by atoms with van der Waals surface area (Å²) in [5, 5.41) is 10.7. The molecule has 0 bridgehead atoms. The first-order valence-electron chi connectivity index (χ1n) is 7.38. The predicted octanol–water partition coefficient (Wildman–Crippen LogP) is 3.85. The molecule has 1 heterocycles. The molecule has 122 valence electrons. The zero-order chi connectivity index (χ0) is 15.7. The van der Waals surface area contributed by atoms with Crippen molar-refractivity contribution in [1.82, 2.24) is 4.31 Å². The van der Waals surface area contributed by atoms with Crippen molar-refractivity contribution in [2.75, 3.05) is 19.7 Å². The van der Waals surface area contributed by atoms with Gasteiger partial charge in [-0.1, -0.05) is 32.6 Å². The van der Waals surface area contributed by atoms with Gasteiger partial charge < -0.3 is 5.11 Å². The van der Waals surface area contributed by atoms with Crippen molar-refractivity contribution in [1.29, 1.82) is 0 Å². The first-order valence-corrected chi connectivity index (χ1v) is 10.5. The van der Waals surface area contributed by atoms with Gasteiger partial charge in [0.15, 0.2) is 0 Å². The van der Waals surface area contributed by atoms with E-state index in [-0.39, 0.29) is 6.61 Å². The second-order valence-electron chi connectivity index (χ2n) is 4.95. The minimum Gasteiger partial charge on any atom is -0.396 e. The van der Waals surface area contributed by atoms with Gasteiger partial charge in [-0.15, -0.1) is 11.3 Å². The molecule has 1 rings (SSSR count). The van der Waals surface area contributed by atoms with Crippen LogP contribution in [-0.2, 0) is 10.0 Å². The zero-order valence-electron chi connectivity index (χ0n) is 12.4. The molecule has 4 nitrogen and oxygen atoms in total. The van der Waals surface area contributed by atoms with Crippen LogP contribution in [0.5, 0.6) is 0 Å². The number of aliphatic hydroxyl groups is 1. The third-order valence-electron chi connectivity index (χ3n) is 3.24. The summed E-state index contributed by atoms with van der Waals surface area (Å²) in [7, 11) is -3.46. The molecule has 0 fully saturated rings. The molecule has 0 atom stereocenters. The van der Waals surface area contributed by atoms with Crippen LogP contribution >= 0.6 is 27.3 Å². The highest BCUT2D eigenvalue weighted by atomic mass is 79.9. The number of nitrogens with zero attached hydrogens (tertiary/aromatic N) is 1. The molecule has 7 heteroatoms. The highest BCUT2D eigenvalue weighted by Crippen LogP contribution is 2.30. The van der Waals surface area contributed by atoms with Gasteiger partial charge in [-0.3, -0.25) is 0 Å². The first kappa shape index (κ1) is 19.1. The van der Waals surface area contributed by atoms with Crippen LogP contribution in [0.3, 0.4) is 0 Å². The Morgan fingerprint density at radius 1 is 1.19 bits per heavy atom. The van der Waals surface area contributed by atoms with E-state index in [0.29, 0.717) is 28.2 Å². The Hall–Kier alpha value is 0.0500. The Morgan fingerprint density at radius 3 is 2.43 bits per heavy atom. The van der Waals surface area contributed by atoms with Gasteiger partial charge >= 0.3 is 0 Å². The monoisotopic (exact) mass is 397 g/mol. The lowest BCUT2D eigenvalue weighted by Crippen LogP contribution is -2.33. The van der Waals surface area contributed by atoms with Crippen LogP contribution in [0, 0.1) is 0 Å². The molecule has 1 aromatic heterocycles. The summed E-state index contributed by atoms with van der Waals surface area (Å²) in [5.41, 5.74) is 0.